The lowest BCUT2D eigenvalue weighted by atomic mass is 9.79. The zero-order valence-corrected chi connectivity index (χ0v) is 41.4. The van der Waals surface area contributed by atoms with Gasteiger partial charge in [-0.15, -0.1) is 16.4 Å². The number of rotatable bonds is 11. The fraction of sp³-hybridized carbons (Fsp3) is 0.491. The summed E-state index contributed by atoms with van der Waals surface area (Å²) in [6, 6.07) is 18.8. The molecule has 356 valence electrons. The van der Waals surface area contributed by atoms with Crippen LogP contribution in [0.4, 0.5) is 0 Å². The van der Waals surface area contributed by atoms with Crippen molar-refractivity contribution in [1.82, 2.24) is 44.6 Å². The topological polar surface area (TPSA) is 151 Å². The molecule has 3 aromatic heterocycles. The number of carbonyl (C=O) groups is 2. The van der Waals surface area contributed by atoms with Crippen LogP contribution in [0.2, 0.25) is 5.02 Å². The number of aliphatic hydroxyl groups is 1. The molecule has 1 aliphatic carbocycles. The van der Waals surface area contributed by atoms with Gasteiger partial charge in [0.25, 0.3) is 5.56 Å². The minimum Gasteiger partial charge on any atom is -0.391 e. The van der Waals surface area contributed by atoms with Crippen molar-refractivity contribution < 1.29 is 14.7 Å². The first-order chi connectivity index (χ1) is 32.7. The zero-order valence-electron chi connectivity index (χ0n) is 39.9. The van der Waals surface area contributed by atoms with Gasteiger partial charge in [0.15, 0.2) is 0 Å². The highest BCUT2D eigenvalue weighted by Crippen LogP contribution is 2.45. The third-order valence-electron chi connectivity index (χ3n) is 15.5. The molecule has 4 aliphatic rings. The van der Waals surface area contributed by atoms with Crippen LogP contribution < -0.4 is 10.9 Å². The second kappa shape index (κ2) is 18.6. The van der Waals surface area contributed by atoms with Gasteiger partial charge in [0.05, 0.1) is 60.9 Å². The second-order valence-corrected chi connectivity index (χ2v) is 22.0. The van der Waals surface area contributed by atoms with Crippen LogP contribution in [-0.4, -0.2) is 94.6 Å². The van der Waals surface area contributed by atoms with Crippen LogP contribution in [0.25, 0.3) is 27.0 Å². The van der Waals surface area contributed by atoms with Crippen molar-refractivity contribution in [2.75, 3.05) is 26.2 Å². The Morgan fingerprint density at radius 3 is 2.43 bits per heavy atom. The molecule has 13 nitrogen and oxygen atoms in total. The molecule has 6 aromatic rings. The molecule has 0 bridgehead atoms. The molecule has 2 unspecified atom stereocenters. The standard InChI is InChI=1S/C53H62ClN9O4S/c1-30(2)47(51(67)61-27-39(64)25-45(61)49(65)56-31(3)34-14-16-37(17-15-34)48-32(4)55-29-68-48)62-28-42(58-59-62)36-12-10-33(11-13-36)26-60-22-20-35(21-23-60)38-18-19-43-40(24-38)53(5,6)52-57-50(66)46-41(54)8-7-9-44(46)63(43)52/h7-9,14-19,24,28-31,33,35-36,39,45,47,64H,10-13,20-23,25-27H2,1-6H3,(H,56,65)/t31-,33?,36?,39?,45?,47-/m0/s1. The first kappa shape index (κ1) is 46.4. The number of β-amino-alcohol motifs (C(OH)–C–C–N with tert-alkyl or cyclic N) is 1. The highest BCUT2D eigenvalue weighted by molar-refractivity contribution is 7.13. The van der Waals surface area contributed by atoms with Crippen LogP contribution in [-0.2, 0) is 15.0 Å². The number of halogens is 1. The molecule has 15 heteroatoms. The minimum atomic E-state index is -0.792. The Balaban J connectivity index is 0.726. The smallest absolute Gasteiger partial charge is 0.282 e. The maximum absolute atomic E-state index is 14.4. The molecule has 0 spiro atoms. The molecule has 2 amide bonds. The van der Waals surface area contributed by atoms with Gasteiger partial charge in [0.2, 0.25) is 11.8 Å². The van der Waals surface area contributed by atoms with Crippen molar-refractivity contribution in [3.8, 4) is 16.1 Å². The van der Waals surface area contributed by atoms with E-state index in [1.54, 1.807) is 27.0 Å². The number of amides is 2. The first-order valence-electron chi connectivity index (χ1n) is 24.5. The Morgan fingerprint density at radius 2 is 1.72 bits per heavy atom. The summed E-state index contributed by atoms with van der Waals surface area (Å²) in [4.78, 5) is 55.6. The van der Waals surface area contributed by atoms with Crippen molar-refractivity contribution in [3.05, 3.63) is 122 Å². The number of hydrogen-bond donors (Lipinski definition) is 2. The molecule has 3 aromatic carbocycles. The highest BCUT2D eigenvalue weighted by atomic mass is 35.5. The predicted octanol–water partition coefficient (Wildman–Crippen LogP) is 8.89. The largest absolute Gasteiger partial charge is 0.391 e. The number of hydrogen-bond acceptors (Lipinski definition) is 10. The number of thiazole rings is 1. The van der Waals surface area contributed by atoms with E-state index in [0.717, 1.165) is 103 Å². The third-order valence-corrected chi connectivity index (χ3v) is 16.8. The van der Waals surface area contributed by atoms with E-state index in [0.29, 0.717) is 22.2 Å². The molecule has 0 radical (unpaired) electrons. The quantitative estimate of drug-likeness (QED) is 0.130. The average molecular weight is 957 g/mol. The van der Waals surface area contributed by atoms with Gasteiger partial charge >= 0.3 is 0 Å². The van der Waals surface area contributed by atoms with Crippen LogP contribution >= 0.6 is 22.9 Å². The fourth-order valence-corrected chi connectivity index (χ4v) is 12.7. The van der Waals surface area contributed by atoms with Gasteiger partial charge in [-0.25, -0.2) is 9.67 Å². The van der Waals surface area contributed by atoms with E-state index < -0.39 is 23.6 Å². The number of nitrogens with zero attached hydrogens (tertiary/aromatic N) is 8. The molecule has 6 heterocycles. The highest BCUT2D eigenvalue weighted by Gasteiger charge is 2.44. The lowest BCUT2D eigenvalue weighted by Gasteiger charge is -2.36. The number of benzene rings is 3. The molecule has 2 N–H and O–H groups in total. The van der Waals surface area contributed by atoms with E-state index in [1.807, 2.05) is 75.8 Å². The average Bonchev–Trinajstić information content (AvgIpc) is 4.12. The van der Waals surface area contributed by atoms with Crippen LogP contribution in [0.5, 0.6) is 0 Å². The van der Waals surface area contributed by atoms with E-state index in [9.17, 15) is 19.5 Å². The Bertz CT molecular complexity index is 2910. The second-order valence-electron chi connectivity index (χ2n) is 20.7. The van der Waals surface area contributed by atoms with Crippen molar-refractivity contribution in [2.45, 2.75) is 128 Å². The van der Waals surface area contributed by atoms with Gasteiger partial charge in [-0.2, -0.15) is 4.98 Å². The van der Waals surface area contributed by atoms with Crippen molar-refractivity contribution >= 4 is 45.7 Å². The van der Waals surface area contributed by atoms with E-state index in [2.05, 4.69) is 67.1 Å². The number of aromatic nitrogens is 6. The van der Waals surface area contributed by atoms with Gasteiger partial charge in [0.1, 0.15) is 17.9 Å². The number of nitrogens with one attached hydrogen (secondary N) is 1. The molecule has 10 rings (SSSR count). The normalized spacial score (nSPS) is 22.6. The number of fused-ring (bicyclic) bond motifs is 5. The van der Waals surface area contributed by atoms with Crippen molar-refractivity contribution in [3.63, 3.8) is 0 Å². The molecule has 4 atom stereocenters. The van der Waals surface area contributed by atoms with E-state index >= 15 is 0 Å². The van der Waals surface area contributed by atoms with E-state index in [1.165, 1.54) is 11.1 Å². The molecule has 68 heavy (non-hydrogen) atoms. The lowest BCUT2D eigenvalue weighted by Crippen LogP contribution is -2.49. The van der Waals surface area contributed by atoms with E-state index in [4.69, 9.17) is 11.6 Å². The number of piperidine rings is 1. The van der Waals surface area contributed by atoms with Crippen molar-refractivity contribution in [2.24, 2.45) is 11.8 Å². The minimum absolute atomic E-state index is 0.0959. The summed E-state index contributed by atoms with van der Waals surface area (Å²) in [6.45, 7) is 15.6. The number of likely N-dealkylation sites (tertiary alicyclic amines) is 2. The van der Waals surface area contributed by atoms with Gasteiger partial charge in [-0.05, 0) is 138 Å². The van der Waals surface area contributed by atoms with Crippen LogP contribution in [0.3, 0.4) is 0 Å². The maximum Gasteiger partial charge on any atom is 0.282 e. The fourth-order valence-electron chi connectivity index (χ4n) is 11.7. The monoisotopic (exact) mass is 955 g/mol. The molecular formula is C53H62ClN9O4S. The summed E-state index contributed by atoms with van der Waals surface area (Å²) in [5.74, 6) is 1.53. The van der Waals surface area contributed by atoms with E-state index in [-0.39, 0.29) is 48.2 Å². The number of aliphatic hydroxyl groups excluding tert-OH is 1. The van der Waals surface area contributed by atoms with Crippen LogP contribution in [0, 0.1) is 18.8 Å². The molecule has 2 saturated heterocycles. The van der Waals surface area contributed by atoms with Crippen LogP contribution in [0.15, 0.2) is 77.2 Å². The summed E-state index contributed by atoms with van der Waals surface area (Å²) in [7, 11) is 0. The van der Waals surface area contributed by atoms with Gasteiger partial charge < -0.3 is 20.2 Å². The number of carbonyl (C=O) groups excluding carboxylic acids is 2. The Morgan fingerprint density at radius 1 is 0.971 bits per heavy atom. The molecule has 3 aliphatic heterocycles. The van der Waals surface area contributed by atoms with Crippen molar-refractivity contribution in [1.29, 1.82) is 0 Å². The zero-order chi connectivity index (χ0) is 47.6. The van der Waals surface area contributed by atoms with Gasteiger partial charge in [0, 0.05) is 31.6 Å². The van der Waals surface area contributed by atoms with Gasteiger partial charge in [-0.3, -0.25) is 19.0 Å². The lowest BCUT2D eigenvalue weighted by molar-refractivity contribution is -0.142. The third kappa shape index (κ3) is 8.60. The summed E-state index contributed by atoms with van der Waals surface area (Å²) < 4.78 is 3.82. The molecule has 3 fully saturated rings. The Labute approximate surface area is 406 Å². The summed E-state index contributed by atoms with van der Waals surface area (Å²) >= 11 is 8.10. The van der Waals surface area contributed by atoms with Gasteiger partial charge in [-0.1, -0.05) is 73.1 Å². The predicted molar refractivity (Wildman–Crippen MR) is 266 cm³/mol. The van der Waals surface area contributed by atoms with Crippen LogP contribution in [0.1, 0.15) is 137 Å². The molecular weight excluding hydrogens is 894 g/mol. The summed E-state index contributed by atoms with van der Waals surface area (Å²) in [5.41, 5.74) is 9.53. The summed E-state index contributed by atoms with van der Waals surface area (Å²) in [5, 5.41) is 24.0. The summed E-state index contributed by atoms with van der Waals surface area (Å²) in [6.07, 6.45) is 7.87. The molecule has 1 saturated carbocycles. The number of aryl methyl sites for hydroxylation is 1. The first-order valence-corrected chi connectivity index (χ1v) is 25.7. The maximum atomic E-state index is 14.4. The Hall–Kier alpha value is -5.28. The SMILES string of the molecule is Cc1ncsc1-c1ccc([C@H](C)NC(=O)C2CC(O)CN2C(=O)[C@H](C(C)C)n2cc(C3CCC(CN4CCC(c5ccc6c(c5)C(C)(C)c5nc(=O)c7c(Cl)cccc7n5-6)CC4)CC3)nn2)cc1. The Kier molecular flexibility index (Phi) is 12.7.